The van der Waals surface area contributed by atoms with Crippen molar-refractivity contribution in [2.45, 2.75) is 31.8 Å². The summed E-state index contributed by atoms with van der Waals surface area (Å²) >= 11 is 0. The zero-order chi connectivity index (χ0) is 13.0. The molecule has 1 aliphatic rings. The smallest absolute Gasteiger partial charge is 0.269 e. The maximum Gasteiger partial charge on any atom is 0.269 e. The van der Waals surface area contributed by atoms with Crippen LogP contribution in [0.25, 0.3) is 0 Å². The number of benzene rings is 1. The number of nitrogens with zero attached hydrogens (tertiary/aromatic N) is 1. The van der Waals surface area contributed by atoms with Crippen LogP contribution >= 0.6 is 0 Å². The summed E-state index contributed by atoms with van der Waals surface area (Å²) in [6.07, 6.45) is 2.34. The molecule has 5 heteroatoms. The number of piperidine rings is 1. The fraction of sp³-hybridized carbons (Fsp3) is 0.538. The van der Waals surface area contributed by atoms with E-state index in [2.05, 4.69) is 10.6 Å². The van der Waals surface area contributed by atoms with Crippen LogP contribution in [0.3, 0.4) is 0 Å². The molecule has 5 nitrogen and oxygen atoms in total. The molecular formula is C13H19N3O2. The normalized spacial score (nSPS) is 21.5. The minimum atomic E-state index is -0.349. The van der Waals surface area contributed by atoms with Gasteiger partial charge in [0.05, 0.1) is 4.92 Å². The third-order valence-electron chi connectivity index (χ3n) is 3.36. The first-order chi connectivity index (χ1) is 8.66. The number of nitro benzene ring substituents is 1. The summed E-state index contributed by atoms with van der Waals surface area (Å²) < 4.78 is 0. The van der Waals surface area contributed by atoms with Crippen molar-refractivity contribution in [1.82, 2.24) is 10.6 Å². The second-order valence-electron chi connectivity index (χ2n) is 4.78. The van der Waals surface area contributed by atoms with Crippen molar-refractivity contribution < 1.29 is 4.92 Å². The molecule has 1 aliphatic heterocycles. The summed E-state index contributed by atoms with van der Waals surface area (Å²) in [7, 11) is 0. The van der Waals surface area contributed by atoms with E-state index < -0.39 is 0 Å². The number of hydrogen-bond donors (Lipinski definition) is 2. The second-order valence-corrected chi connectivity index (χ2v) is 4.78. The van der Waals surface area contributed by atoms with Gasteiger partial charge in [0, 0.05) is 30.8 Å². The predicted octanol–water partition coefficient (Wildman–Crippen LogP) is 2.00. The Hall–Kier alpha value is -1.46. The van der Waals surface area contributed by atoms with Gasteiger partial charge in [0.15, 0.2) is 0 Å². The van der Waals surface area contributed by atoms with E-state index in [0.29, 0.717) is 6.04 Å². The average Bonchev–Trinajstić information content (AvgIpc) is 2.40. The average molecular weight is 249 g/mol. The van der Waals surface area contributed by atoms with Crippen LogP contribution in [-0.2, 0) is 0 Å². The molecule has 0 aliphatic carbocycles. The van der Waals surface area contributed by atoms with E-state index >= 15 is 0 Å². The van der Waals surface area contributed by atoms with Crippen molar-refractivity contribution in [2.24, 2.45) is 0 Å². The lowest BCUT2D eigenvalue weighted by molar-refractivity contribution is -0.384. The molecule has 1 heterocycles. The molecule has 0 aromatic heterocycles. The molecule has 18 heavy (non-hydrogen) atoms. The highest BCUT2D eigenvalue weighted by Gasteiger charge is 2.17. The fourth-order valence-corrected chi connectivity index (χ4v) is 2.35. The zero-order valence-electron chi connectivity index (χ0n) is 10.6. The van der Waals surface area contributed by atoms with Crippen molar-refractivity contribution in [3.63, 3.8) is 0 Å². The SMILES string of the molecule is CC(NC1CCCNC1)c1cccc([N+](=O)[O-])c1. The molecule has 2 atom stereocenters. The third kappa shape index (κ3) is 3.27. The summed E-state index contributed by atoms with van der Waals surface area (Å²) in [6, 6.07) is 7.43. The highest BCUT2D eigenvalue weighted by molar-refractivity contribution is 5.35. The lowest BCUT2D eigenvalue weighted by Crippen LogP contribution is -2.43. The highest BCUT2D eigenvalue weighted by atomic mass is 16.6. The van der Waals surface area contributed by atoms with Gasteiger partial charge in [-0.1, -0.05) is 12.1 Å². The van der Waals surface area contributed by atoms with Gasteiger partial charge in [0.25, 0.3) is 5.69 Å². The molecular weight excluding hydrogens is 230 g/mol. The first kappa shape index (κ1) is 13.0. The summed E-state index contributed by atoms with van der Waals surface area (Å²) in [5.74, 6) is 0. The maximum absolute atomic E-state index is 10.7. The number of rotatable bonds is 4. The fourth-order valence-electron chi connectivity index (χ4n) is 2.35. The Morgan fingerprint density at radius 3 is 3.06 bits per heavy atom. The lowest BCUT2D eigenvalue weighted by Gasteiger charge is -2.27. The van der Waals surface area contributed by atoms with Crippen molar-refractivity contribution >= 4 is 5.69 Å². The lowest BCUT2D eigenvalue weighted by atomic mass is 10.0. The van der Waals surface area contributed by atoms with Gasteiger partial charge in [-0.25, -0.2) is 0 Å². The molecule has 0 bridgehead atoms. The van der Waals surface area contributed by atoms with Gasteiger partial charge < -0.3 is 10.6 Å². The Labute approximate surface area is 107 Å². The molecule has 2 rings (SSSR count). The van der Waals surface area contributed by atoms with Crippen LogP contribution in [0.1, 0.15) is 31.4 Å². The number of nitrogens with one attached hydrogen (secondary N) is 2. The molecule has 0 radical (unpaired) electrons. The number of hydrogen-bond acceptors (Lipinski definition) is 4. The topological polar surface area (TPSA) is 67.2 Å². The van der Waals surface area contributed by atoms with Gasteiger partial charge in [0.2, 0.25) is 0 Å². The van der Waals surface area contributed by atoms with Crippen LogP contribution in [0.15, 0.2) is 24.3 Å². The number of nitro groups is 1. The summed E-state index contributed by atoms with van der Waals surface area (Å²) in [5.41, 5.74) is 1.12. The van der Waals surface area contributed by atoms with Gasteiger partial charge in [0.1, 0.15) is 0 Å². The van der Waals surface area contributed by atoms with E-state index in [1.54, 1.807) is 12.1 Å². The van der Waals surface area contributed by atoms with Gasteiger partial charge in [-0.15, -0.1) is 0 Å². The van der Waals surface area contributed by atoms with Gasteiger partial charge in [-0.05, 0) is 31.9 Å². The van der Waals surface area contributed by atoms with E-state index in [-0.39, 0.29) is 16.7 Å². The van der Waals surface area contributed by atoms with Gasteiger partial charge in [-0.2, -0.15) is 0 Å². The first-order valence-corrected chi connectivity index (χ1v) is 6.38. The molecule has 2 unspecified atom stereocenters. The highest BCUT2D eigenvalue weighted by Crippen LogP contribution is 2.20. The van der Waals surface area contributed by atoms with Gasteiger partial charge >= 0.3 is 0 Å². The summed E-state index contributed by atoms with van der Waals surface area (Å²) in [6.45, 7) is 4.11. The Bertz CT molecular complexity index is 416. The molecule has 2 N–H and O–H groups in total. The Balaban J connectivity index is 2.01. The van der Waals surface area contributed by atoms with Crippen molar-refractivity contribution in [1.29, 1.82) is 0 Å². The van der Waals surface area contributed by atoms with E-state index in [1.807, 2.05) is 13.0 Å². The van der Waals surface area contributed by atoms with E-state index in [1.165, 1.54) is 12.5 Å². The minimum Gasteiger partial charge on any atom is -0.315 e. The predicted molar refractivity (Wildman–Crippen MR) is 70.5 cm³/mol. The minimum absolute atomic E-state index is 0.134. The van der Waals surface area contributed by atoms with Crippen LogP contribution in [0.5, 0.6) is 0 Å². The van der Waals surface area contributed by atoms with Crippen LogP contribution in [-0.4, -0.2) is 24.1 Å². The molecule has 1 saturated heterocycles. The first-order valence-electron chi connectivity index (χ1n) is 6.38. The van der Waals surface area contributed by atoms with Gasteiger partial charge in [-0.3, -0.25) is 10.1 Å². The largest absolute Gasteiger partial charge is 0.315 e. The molecule has 1 aromatic carbocycles. The van der Waals surface area contributed by atoms with E-state index in [9.17, 15) is 10.1 Å². The second kappa shape index (κ2) is 5.93. The molecule has 0 spiro atoms. The molecule has 0 amide bonds. The summed E-state index contributed by atoms with van der Waals surface area (Å²) in [4.78, 5) is 10.4. The van der Waals surface area contributed by atoms with Crippen molar-refractivity contribution in [2.75, 3.05) is 13.1 Å². The molecule has 1 fully saturated rings. The zero-order valence-corrected chi connectivity index (χ0v) is 10.6. The summed E-state index contributed by atoms with van der Waals surface area (Å²) in [5, 5.41) is 17.6. The van der Waals surface area contributed by atoms with Crippen molar-refractivity contribution in [3.8, 4) is 0 Å². The molecule has 1 aromatic rings. The Kier molecular flexibility index (Phi) is 4.28. The van der Waals surface area contributed by atoms with Crippen LogP contribution < -0.4 is 10.6 Å². The van der Waals surface area contributed by atoms with Crippen molar-refractivity contribution in [3.05, 3.63) is 39.9 Å². The standard InChI is InChI=1S/C13H19N3O2/c1-10(15-12-5-3-7-14-9-12)11-4-2-6-13(8-11)16(17)18/h2,4,6,8,10,12,14-15H,3,5,7,9H2,1H3. The number of non-ortho nitro benzene ring substituents is 1. The van der Waals surface area contributed by atoms with Crippen LogP contribution in [0.4, 0.5) is 5.69 Å². The quantitative estimate of drug-likeness (QED) is 0.632. The molecule has 0 saturated carbocycles. The van der Waals surface area contributed by atoms with E-state index in [4.69, 9.17) is 0 Å². The van der Waals surface area contributed by atoms with E-state index in [0.717, 1.165) is 25.1 Å². The van der Waals surface area contributed by atoms with Crippen LogP contribution in [0, 0.1) is 10.1 Å². The molecule has 98 valence electrons. The maximum atomic E-state index is 10.7. The third-order valence-corrected chi connectivity index (χ3v) is 3.36. The Morgan fingerprint density at radius 1 is 1.56 bits per heavy atom. The van der Waals surface area contributed by atoms with Crippen LogP contribution in [0.2, 0.25) is 0 Å². The monoisotopic (exact) mass is 249 g/mol. The Morgan fingerprint density at radius 2 is 2.39 bits per heavy atom.